The van der Waals surface area contributed by atoms with E-state index in [2.05, 4.69) is 38.6 Å². The van der Waals surface area contributed by atoms with E-state index >= 15 is 4.39 Å². The summed E-state index contributed by atoms with van der Waals surface area (Å²) in [4.78, 5) is 24.1. The van der Waals surface area contributed by atoms with Crippen LogP contribution in [0.2, 0.25) is 0 Å². The van der Waals surface area contributed by atoms with Gasteiger partial charge in [0, 0.05) is 47.9 Å². The summed E-state index contributed by atoms with van der Waals surface area (Å²) in [6, 6.07) is 5.03. The second kappa shape index (κ2) is 11.1. The first-order chi connectivity index (χ1) is 18.2. The summed E-state index contributed by atoms with van der Waals surface area (Å²) in [6.07, 6.45) is 2.36. The summed E-state index contributed by atoms with van der Waals surface area (Å²) in [5.74, 6) is -0.350. The van der Waals surface area contributed by atoms with Crippen molar-refractivity contribution in [2.75, 3.05) is 31.6 Å². The summed E-state index contributed by atoms with van der Waals surface area (Å²) < 4.78 is 22.4. The van der Waals surface area contributed by atoms with Crippen LogP contribution in [0.15, 0.2) is 29.2 Å². The molecule has 0 radical (unpaired) electrons. The highest BCUT2D eigenvalue weighted by Crippen LogP contribution is 2.29. The number of halogens is 1. The molecule has 0 amide bonds. The number of benzene rings is 1. The number of hydrogen-bond donors (Lipinski definition) is 3. The van der Waals surface area contributed by atoms with Gasteiger partial charge in [0.15, 0.2) is 11.2 Å². The van der Waals surface area contributed by atoms with Gasteiger partial charge in [-0.05, 0) is 58.7 Å². The standard InChI is InChI=1S/C28H36FN5O4/c1-16(2)34-23-11-18(26-21(29)12-30-28(32-26)31-22-8-10-38-15-25(22)36)6-7-20(23)27(37)17(3)24(34)14-33-9-4-5-19(35)13-33/h6-7,11-12,16,19,22,25,35-36H,4-5,8-10,13-15H2,1-3H3,(H,30,31,32)/t19-,22-,25-/m1/s1. The average molecular weight is 526 g/mol. The molecular weight excluding hydrogens is 489 g/mol. The molecule has 0 spiro atoms. The molecule has 5 rings (SSSR count). The van der Waals surface area contributed by atoms with Gasteiger partial charge in [-0.3, -0.25) is 9.69 Å². The molecule has 204 valence electrons. The quantitative estimate of drug-likeness (QED) is 0.450. The molecule has 38 heavy (non-hydrogen) atoms. The van der Waals surface area contributed by atoms with Crippen LogP contribution in [-0.2, 0) is 11.3 Å². The zero-order chi connectivity index (χ0) is 27.0. The van der Waals surface area contributed by atoms with E-state index in [-0.39, 0.29) is 41.9 Å². The van der Waals surface area contributed by atoms with Crippen LogP contribution in [0.5, 0.6) is 0 Å². The predicted octanol–water partition coefficient (Wildman–Crippen LogP) is 3.01. The number of β-amino-alcohol motifs (C(OH)–C–C–N with tert-alkyl or cyclic N) is 1. The molecule has 0 bridgehead atoms. The lowest BCUT2D eigenvalue weighted by Crippen LogP contribution is -2.42. The lowest BCUT2D eigenvalue weighted by Gasteiger charge is -2.32. The van der Waals surface area contributed by atoms with E-state index in [9.17, 15) is 15.0 Å². The largest absolute Gasteiger partial charge is 0.392 e. The van der Waals surface area contributed by atoms with Gasteiger partial charge >= 0.3 is 0 Å². The fraction of sp³-hybridized carbons (Fsp3) is 0.536. The number of piperidine rings is 1. The molecular formula is C28H36FN5O4. The molecule has 3 aromatic rings. The number of hydrogen-bond acceptors (Lipinski definition) is 8. The first kappa shape index (κ1) is 26.7. The lowest BCUT2D eigenvalue weighted by molar-refractivity contribution is -0.0136. The van der Waals surface area contributed by atoms with Crippen LogP contribution < -0.4 is 10.7 Å². The van der Waals surface area contributed by atoms with E-state index in [0.717, 1.165) is 31.3 Å². The molecule has 0 saturated carbocycles. The third kappa shape index (κ3) is 5.31. The number of nitrogens with one attached hydrogen (secondary N) is 1. The maximum atomic E-state index is 15.0. The Hall–Kier alpha value is -2.92. The average Bonchev–Trinajstić information content (AvgIpc) is 2.89. The van der Waals surface area contributed by atoms with Crippen molar-refractivity contribution in [3.8, 4) is 11.3 Å². The maximum Gasteiger partial charge on any atom is 0.223 e. The van der Waals surface area contributed by atoms with Gasteiger partial charge in [-0.25, -0.2) is 14.4 Å². The van der Waals surface area contributed by atoms with Gasteiger partial charge in [-0.1, -0.05) is 6.07 Å². The van der Waals surface area contributed by atoms with Gasteiger partial charge < -0.3 is 24.8 Å². The summed E-state index contributed by atoms with van der Waals surface area (Å²) in [5.41, 5.74) is 2.92. The Balaban J connectivity index is 1.57. The number of fused-ring (bicyclic) bond motifs is 1. The maximum absolute atomic E-state index is 15.0. The number of aromatic nitrogens is 3. The number of pyridine rings is 1. The van der Waals surface area contributed by atoms with Crippen LogP contribution >= 0.6 is 0 Å². The minimum Gasteiger partial charge on any atom is -0.392 e. The van der Waals surface area contributed by atoms with E-state index in [1.807, 2.05) is 13.0 Å². The highest BCUT2D eigenvalue weighted by atomic mass is 19.1. The van der Waals surface area contributed by atoms with Crippen LogP contribution in [-0.4, -0.2) is 74.2 Å². The SMILES string of the molecule is Cc1c(CN2CCC[C@@H](O)C2)n(C(C)C)c2cc(-c3nc(N[C@@H]4CCOC[C@H]4O)ncc3F)ccc2c1=O. The fourth-order valence-corrected chi connectivity index (χ4v) is 5.60. The first-order valence-corrected chi connectivity index (χ1v) is 13.4. The zero-order valence-corrected chi connectivity index (χ0v) is 22.2. The minimum atomic E-state index is -0.704. The number of anilines is 1. The van der Waals surface area contributed by atoms with E-state index in [1.165, 1.54) is 0 Å². The molecule has 10 heteroatoms. The van der Waals surface area contributed by atoms with Crippen LogP contribution in [0.3, 0.4) is 0 Å². The third-order valence-corrected chi connectivity index (χ3v) is 7.59. The van der Waals surface area contributed by atoms with Gasteiger partial charge in [0.25, 0.3) is 0 Å². The highest BCUT2D eigenvalue weighted by molar-refractivity contribution is 5.85. The second-order valence-corrected chi connectivity index (χ2v) is 10.7. The molecule has 2 saturated heterocycles. The van der Waals surface area contributed by atoms with Crippen LogP contribution in [0.1, 0.15) is 50.4 Å². The fourth-order valence-electron chi connectivity index (χ4n) is 5.60. The monoisotopic (exact) mass is 525 g/mol. The molecule has 3 atom stereocenters. The smallest absolute Gasteiger partial charge is 0.223 e. The zero-order valence-electron chi connectivity index (χ0n) is 22.2. The highest BCUT2D eigenvalue weighted by Gasteiger charge is 2.26. The Labute approximate surface area is 221 Å². The van der Waals surface area contributed by atoms with Crippen molar-refractivity contribution in [1.29, 1.82) is 0 Å². The van der Waals surface area contributed by atoms with Gasteiger partial charge in [0.05, 0.1) is 36.6 Å². The Morgan fingerprint density at radius 3 is 2.82 bits per heavy atom. The van der Waals surface area contributed by atoms with Gasteiger partial charge in [-0.2, -0.15) is 0 Å². The molecule has 1 aromatic carbocycles. The summed E-state index contributed by atoms with van der Waals surface area (Å²) in [5, 5.41) is 24.1. The summed E-state index contributed by atoms with van der Waals surface area (Å²) >= 11 is 0. The molecule has 0 unspecified atom stereocenters. The van der Waals surface area contributed by atoms with Crippen molar-refractivity contribution in [2.24, 2.45) is 0 Å². The summed E-state index contributed by atoms with van der Waals surface area (Å²) in [6.45, 7) is 8.72. The van der Waals surface area contributed by atoms with Gasteiger partial charge in [0.1, 0.15) is 5.69 Å². The van der Waals surface area contributed by atoms with E-state index in [1.54, 1.807) is 12.1 Å². The van der Waals surface area contributed by atoms with Crippen LogP contribution in [0.4, 0.5) is 10.3 Å². The number of nitrogens with zero attached hydrogens (tertiary/aromatic N) is 4. The number of likely N-dealkylation sites (tertiary alicyclic amines) is 1. The number of rotatable bonds is 6. The van der Waals surface area contributed by atoms with Crippen molar-refractivity contribution < 1.29 is 19.3 Å². The first-order valence-electron chi connectivity index (χ1n) is 13.4. The Morgan fingerprint density at radius 2 is 2.08 bits per heavy atom. The number of aliphatic hydroxyl groups is 2. The van der Waals surface area contributed by atoms with E-state index in [4.69, 9.17) is 4.74 Å². The van der Waals surface area contributed by atoms with Crippen molar-refractivity contribution in [3.63, 3.8) is 0 Å². The van der Waals surface area contributed by atoms with Crippen molar-refractivity contribution in [3.05, 3.63) is 51.7 Å². The van der Waals surface area contributed by atoms with Crippen molar-refractivity contribution in [2.45, 2.75) is 70.9 Å². The number of aliphatic hydroxyl groups excluding tert-OH is 2. The molecule has 2 fully saturated rings. The molecule has 0 aliphatic carbocycles. The normalized spacial score (nSPS) is 22.8. The van der Waals surface area contributed by atoms with E-state index < -0.39 is 11.9 Å². The third-order valence-electron chi connectivity index (χ3n) is 7.59. The molecule has 3 N–H and O–H groups in total. The topological polar surface area (TPSA) is 113 Å². The minimum absolute atomic E-state index is 0.0410. The van der Waals surface area contributed by atoms with Crippen molar-refractivity contribution >= 4 is 16.9 Å². The van der Waals surface area contributed by atoms with Gasteiger partial charge in [0.2, 0.25) is 5.95 Å². The molecule has 9 nitrogen and oxygen atoms in total. The Bertz CT molecular complexity index is 1380. The number of ether oxygens (including phenoxy) is 1. The summed E-state index contributed by atoms with van der Waals surface area (Å²) in [7, 11) is 0. The lowest BCUT2D eigenvalue weighted by atomic mass is 10.0. The second-order valence-electron chi connectivity index (χ2n) is 10.7. The van der Waals surface area contributed by atoms with Gasteiger partial charge in [-0.15, -0.1) is 0 Å². The van der Waals surface area contributed by atoms with E-state index in [0.29, 0.717) is 48.1 Å². The Morgan fingerprint density at radius 1 is 1.26 bits per heavy atom. The molecule has 2 aromatic heterocycles. The van der Waals surface area contributed by atoms with Crippen LogP contribution in [0.25, 0.3) is 22.2 Å². The predicted molar refractivity (Wildman–Crippen MR) is 144 cm³/mol. The Kier molecular flexibility index (Phi) is 7.76. The molecule has 2 aliphatic heterocycles. The molecule has 2 aliphatic rings. The van der Waals surface area contributed by atoms with Crippen molar-refractivity contribution in [1.82, 2.24) is 19.4 Å². The molecule has 4 heterocycles. The van der Waals surface area contributed by atoms with Crippen LogP contribution in [0, 0.1) is 12.7 Å².